The van der Waals surface area contributed by atoms with E-state index in [1.165, 1.54) is 6.92 Å². The van der Waals surface area contributed by atoms with Gasteiger partial charge in [-0.1, -0.05) is 6.07 Å². The lowest BCUT2D eigenvalue weighted by Crippen LogP contribution is -2.29. The quantitative estimate of drug-likeness (QED) is 0.562. The molecule has 19 heavy (non-hydrogen) atoms. The van der Waals surface area contributed by atoms with Crippen molar-refractivity contribution in [2.24, 2.45) is 0 Å². The first-order valence-corrected chi connectivity index (χ1v) is 5.89. The van der Waals surface area contributed by atoms with Crippen molar-refractivity contribution >= 4 is 29.9 Å². The summed E-state index contributed by atoms with van der Waals surface area (Å²) in [5.41, 5.74) is 7.70. The molecule has 1 aromatic carbocycles. The minimum Gasteiger partial charge on any atom is -0.399 e. The zero-order valence-electron chi connectivity index (χ0n) is 11.2. The first kappa shape index (κ1) is 17.2. The van der Waals surface area contributed by atoms with Crippen LogP contribution < -0.4 is 16.4 Å². The molecule has 0 heterocycles. The van der Waals surface area contributed by atoms with Crippen LogP contribution in [-0.2, 0) is 4.79 Å². The largest absolute Gasteiger partial charge is 0.399 e. The van der Waals surface area contributed by atoms with Gasteiger partial charge < -0.3 is 16.4 Å². The van der Waals surface area contributed by atoms with E-state index in [4.69, 9.17) is 5.73 Å². The molecule has 2 amide bonds. The number of nitrogens with one attached hydrogen (secondary N) is 2. The van der Waals surface area contributed by atoms with Gasteiger partial charge in [-0.05, 0) is 31.0 Å². The number of rotatable bonds is 5. The highest BCUT2D eigenvalue weighted by Gasteiger charge is 2.08. The summed E-state index contributed by atoms with van der Waals surface area (Å²) >= 11 is 0. The molecule has 0 aliphatic heterocycles. The fraction of sp³-hybridized carbons (Fsp3) is 0.385. The SMILES string of the molecule is CC(=O)NCCCNC(=O)c1cc(N)ccc1C.Cl. The predicted octanol–water partition coefficient (Wildman–Crippen LogP) is 1.26. The minimum absolute atomic E-state index is 0. The van der Waals surface area contributed by atoms with Gasteiger partial charge in [0.2, 0.25) is 5.91 Å². The Bertz CT molecular complexity index is 450. The number of nitrogens with two attached hydrogens (primary N) is 1. The van der Waals surface area contributed by atoms with Gasteiger partial charge in [-0.25, -0.2) is 0 Å². The van der Waals surface area contributed by atoms with Crippen molar-refractivity contribution in [1.29, 1.82) is 0 Å². The van der Waals surface area contributed by atoms with Gasteiger partial charge in [0.05, 0.1) is 0 Å². The standard InChI is InChI=1S/C13H19N3O2.ClH/c1-9-4-5-11(14)8-12(9)13(18)16-7-3-6-15-10(2)17;/h4-5,8H,3,6-7,14H2,1-2H3,(H,15,17)(H,16,18);1H. The van der Waals surface area contributed by atoms with Gasteiger partial charge >= 0.3 is 0 Å². The Morgan fingerprint density at radius 1 is 1.21 bits per heavy atom. The van der Waals surface area contributed by atoms with Crippen LogP contribution in [0.2, 0.25) is 0 Å². The lowest BCUT2D eigenvalue weighted by molar-refractivity contribution is -0.118. The van der Waals surface area contributed by atoms with E-state index in [0.717, 1.165) is 5.56 Å². The number of halogens is 1. The fourth-order valence-corrected chi connectivity index (χ4v) is 1.53. The monoisotopic (exact) mass is 285 g/mol. The third-order valence-corrected chi connectivity index (χ3v) is 2.52. The van der Waals surface area contributed by atoms with Crippen molar-refractivity contribution in [3.63, 3.8) is 0 Å². The highest BCUT2D eigenvalue weighted by molar-refractivity contribution is 5.96. The Hall–Kier alpha value is -1.75. The van der Waals surface area contributed by atoms with Gasteiger partial charge in [0, 0.05) is 31.3 Å². The van der Waals surface area contributed by atoms with E-state index in [9.17, 15) is 9.59 Å². The van der Waals surface area contributed by atoms with Gasteiger partial charge in [-0.2, -0.15) is 0 Å². The summed E-state index contributed by atoms with van der Waals surface area (Å²) in [7, 11) is 0. The molecule has 0 saturated carbocycles. The minimum atomic E-state index is -0.136. The molecule has 0 bridgehead atoms. The van der Waals surface area contributed by atoms with E-state index in [1.807, 2.05) is 13.0 Å². The van der Waals surface area contributed by atoms with E-state index in [0.29, 0.717) is 30.8 Å². The van der Waals surface area contributed by atoms with Gasteiger partial charge in [-0.3, -0.25) is 9.59 Å². The summed E-state index contributed by atoms with van der Waals surface area (Å²) in [6.45, 7) is 4.42. The summed E-state index contributed by atoms with van der Waals surface area (Å²) in [5, 5.41) is 5.46. The second-order valence-corrected chi connectivity index (χ2v) is 4.17. The third kappa shape index (κ3) is 6.10. The molecule has 0 aliphatic carbocycles. The number of amides is 2. The average Bonchev–Trinajstić information content (AvgIpc) is 2.31. The summed E-state index contributed by atoms with van der Waals surface area (Å²) in [5.74, 6) is -0.198. The molecule has 0 spiro atoms. The van der Waals surface area contributed by atoms with Crippen molar-refractivity contribution < 1.29 is 9.59 Å². The summed E-state index contributed by atoms with van der Waals surface area (Å²) in [6.07, 6.45) is 0.701. The van der Waals surface area contributed by atoms with Crippen LogP contribution in [0.15, 0.2) is 18.2 Å². The van der Waals surface area contributed by atoms with Crippen LogP contribution in [0.25, 0.3) is 0 Å². The van der Waals surface area contributed by atoms with Gasteiger partial charge in [0.1, 0.15) is 0 Å². The Balaban J connectivity index is 0.00000324. The molecular weight excluding hydrogens is 266 g/mol. The number of hydrogen-bond acceptors (Lipinski definition) is 3. The number of benzene rings is 1. The average molecular weight is 286 g/mol. The number of carbonyl (C=O) groups excluding carboxylic acids is 2. The van der Waals surface area contributed by atoms with Crippen molar-refractivity contribution in [2.75, 3.05) is 18.8 Å². The predicted molar refractivity (Wildman–Crippen MR) is 78.5 cm³/mol. The molecular formula is C13H20ClN3O2. The maximum absolute atomic E-state index is 11.9. The van der Waals surface area contributed by atoms with Crippen LogP contribution >= 0.6 is 12.4 Å². The van der Waals surface area contributed by atoms with E-state index in [1.54, 1.807) is 12.1 Å². The Morgan fingerprint density at radius 3 is 2.47 bits per heavy atom. The molecule has 0 atom stereocenters. The molecule has 4 N–H and O–H groups in total. The van der Waals surface area contributed by atoms with Crippen molar-refractivity contribution in [3.8, 4) is 0 Å². The number of carbonyl (C=O) groups is 2. The van der Waals surface area contributed by atoms with E-state index >= 15 is 0 Å². The van der Waals surface area contributed by atoms with E-state index < -0.39 is 0 Å². The first-order chi connectivity index (χ1) is 8.50. The Morgan fingerprint density at radius 2 is 1.84 bits per heavy atom. The van der Waals surface area contributed by atoms with Crippen LogP contribution in [0.5, 0.6) is 0 Å². The molecule has 0 aliphatic rings. The molecule has 106 valence electrons. The molecule has 5 nitrogen and oxygen atoms in total. The van der Waals surface area contributed by atoms with Gasteiger partial charge in [0.15, 0.2) is 0 Å². The van der Waals surface area contributed by atoms with Crippen molar-refractivity contribution in [2.45, 2.75) is 20.3 Å². The Kier molecular flexibility index (Phi) is 7.60. The highest BCUT2D eigenvalue weighted by Crippen LogP contribution is 2.12. The zero-order chi connectivity index (χ0) is 13.5. The molecule has 1 rings (SSSR count). The maximum atomic E-state index is 11.9. The van der Waals surface area contributed by atoms with Crippen LogP contribution in [0.3, 0.4) is 0 Å². The molecule has 0 saturated heterocycles. The molecule has 6 heteroatoms. The van der Waals surface area contributed by atoms with E-state index in [2.05, 4.69) is 10.6 Å². The number of anilines is 1. The van der Waals surface area contributed by atoms with Crippen molar-refractivity contribution in [3.05, 3.63) is 29.3 Å². The molecule has 0 fully saturated rings. The summed E-state index contributed by atoms with van der Waals surface area (Å²) < 4.78 is 0. The normalized spacial score (nSPS) is 9.37. The van der Waals surface area contributed by atoms with Crippen molar-refractivity contribution in [1.82, 2.24) is 10.6 Å². The molecule has 0 radical (unpaired) electrons. The second-order valence-electron chi connectivity index (χ2n) is 4.17. The fourth-order valence-electron chi connectivity index (χ4n) is 1.53. The third-order valence-electron chi connectivity index (χ3n) is 2.52. The van der Waals surface area contributed by atoms with Crippen LogP contribution in [-0.4, -0.2) is 24.9 Å². The summed E-state index contributed by atoms with van der Waals surface area (Å²) in [6, 6.07) is 5.25. The van der Waals surface area contributed by atoms with Crippen LogP contribution in [0.4, 0.5) is 5.69 Å². The van der Waals surface area contributed by atoms with Gasteiger partial charge in [0.25, 0.3) is 5.91 Å². The lowest BCUT2D eigenvalue weighted by Gasteiger charge is -2.08. The van der Waals surface area contributed by atoms with Crippen LogP contribution in [0.1, 0.15) is 29.3 Å². The first-order valence-electron chi connectivity index (χ1n) is 5.89. The highest BCUT2D eigenvalue weighted by atomic mass is 35.5. The molecule has 0 aromatic heterocycles. The maximum Gasteiger partial charge on any atom is 0.251 e. The van der Waals surface area contributed by atoms with Gasteiger partial charge in [-0.15, -0.1) is 12.4 Å². The number of nitrogen functional groups attached to an aromatic ring is 1. The Labute approximate surface area is 119 Å². The van der Waals surface area contributed by atoms with Crippen LogP contribution in [0, 0.1) is 6.92 Å². The smallest absolute Gasteiger partial charge is 0.251 e. The zero-order valence-corrected chi connectivity index (χ0v) is 12.0. The lowest BCUT2D eigenvalue weighted by atomic mass is 10.1. The number of aryl methyl sites for hydroxylation is 1. The molecule has 0 unspecified atom stereocenters. The number of hydrogen-bond donors (Lipinski definition) is 3. The summed E-state index contributed by atoms with van der Waals surface area (Å²) in [4.78, 5) is 22.5. The molecule has 1 aromatic rings. The van der Waals surface area contributed by atoms with E-state index in [-0.39, 0.29) is 24.2 Å². The topological polar surface area (TPSA) is 84.2 Å². The second kappa shape index (κ2) is 8.37.